The van der Waals surface area contributed by atoms with E-state index in [4.69, 9.17) is 11.6 Å². The molecule has 0 unspecified atom stereocenters. The highest BCUT2D eigenvalue weighted by Gasteiger charge is 2.08. The van der Waals surface area contributed by atoms with Gasteiger partial charge in [0.05, 0.1) is 10.6 Å². The van der Waals surface area contributed by atoms with Gasteiger partial charge in [-0.1, -0.05) is 54.1 Å². The molecule has 0 aliphatic rings. The molecule has 0 aliphatic carbocycles. The average molecular weight is 501 g/mol. The lowest BCUT2D eigenvalue weighted by Crippen LogP contribution is -2.41. The molecule has 2 aromatic carbocycles. The van der Waals surface area contributed by atoms with Crippen LogP contribution in [0.2, 0.25) is 5.02 Å². The highest BCUT2D eigenvalue weighted by molar-refractivity contribution is 14.0. The Morgan fingerprint density at radius 1 is 0.926 bits per heavy atom. The highest BCUT2D eigenvalue weighted by atomic mass is 127. The monoisotopic (exact) mass is 500 g/mol. The van der Waals surface area contributed by atoms with Gasteiger partial charge in [0.2, 0.25) is 0 Å². The van der Waals surface area contributed by atoms with E-state index in [1.807, 2.05) is 6.07 Å². The fourth-order valence-corrected chi connectivity index (χ4v) is 2.68. The maximum Gasteiger partial charge on any atom is 0.252 e. The number of carbonyl (C=O) groups is 1. The summed E-state index contributed by atoms with van der Waals surface area (Å²) in [6.45, 7) is 1.89. The van der Waals surface area contributed by atoms with Crippen LogP contribution in [0, 0.1) is 0 Å². The summed E-state index contributed by atoms with van der Waals surface area (Å²) in [5.74, 6) is 0.549. The zero-order valence-electron chi connectivity index (χ0n) is 15.4. The summed E-state index contributed by atoms with van der Waals surface area (Å²) in [5, 5.41) is 9.75. The van der Waals surface area contributed by atoms with E-state index in [1.54, 1.807) is 31.3 Å². The smallest absolute Gasteiger partial charge is 0.252 e. The Morgan fingerprint density at radius 2 is 1.56 bits per heavy atom. The van der Waals surface area contributed by atoms with Crippen LogP contribution in [-0.4, -0.2) is 38.5 Å². The van der Waals surface area contributed by atoms with Crippen molar-refractivity contribution < 1.29 is 4.79 Å². The van der Waals surface area contributed by atoms with Crippen molar-refractivity contribution in [3.63, 3.8) is 0 Å². The van der Waals surface area contributed by atoms with Gasteiger partial charge in [-0.2, -0.15) is 0 Å². The second-order valence-electron chi connectivity index (χ2n) is 5.75. The summed E-state index contributed by atoms with van der Waals surface area (Å²) < 4.78 is 0. The number of aryl methyl sites for hydroxylation is 1. The van der Waals surface area contributed by atoms with Gasteiger partial charge in [0, 0.05) is 26.7 Å². The quantitative estimate of drug-likeness (QED) is 0.225. The second kappa shape index (κ2) is 13.4. The number of nitrogens with zero attached hydrogens (tertiary/aromatic N) is 1. The van der Waals surface area contributed by atoms with E-state index in [1.165, 1.54) is 5.56 Å². The molecule has 0 radical (unpaired) electrons. The zero-order valence-corrected chi connectivity index (χ0v) is 18.5. The molecule has 0 saturated heterocycles. The van der Waals surface area contributed by atoms with Crippen molar-refractivity contribution in [2.45, 2.75) is 12.8 Å². The molecular weight excluding hydrogens is 475 g/mol. The first kappa shape index (κ1) is 23.2. The Labute approximate surface area is 183 Å². The third kappa shape index (κ3) is 8.62. The van der Waals surface area contributed by atoms with Crippen molar-refractivity contribution in [1.82, 2.24) is 16.0 Å². The Kier molecular flexibility index (Phi) is 11.5. The fraction of sp³-hybridized carbons (Fsp3) is 0.300. The zero-order chi connectivity index (χ0) is 18.6. The summed E-state index contributed by atoms with van der Waals surface area (Å²) in [7, 11) is 1.73. The first-order chi connectivity index (χ1) is 12.7. The molecular formula is C20H26ClIN4O. The number of benzene rings is 2. The lowest BCUT2D eigenvalue weighted by Gasteiger charge is -2.12. The molecule has 0 saturated carbocycles. The van der Waals surface area contributed by atoms with Crippen molar-refractivity contribution >= 4 is 47.4 Å². The van der Waals surface area contributed by atoms with Crippen molar-refractivity contribution in [1.29, 1.82) is 0 Å². The number of hydrogen-bond acceptors (Lipinski definition) is 2. The van der Waals surface area contributed by atoms with E-state index in [0.717, 1.165) is 25.3 Å². The Hall–Kier alpha value is -1.80. The van der Waals surface area contributed by atoms with Gasteiger partial charge < -0.3 is 16.0 Å². The van der Waals surface area contributed by atoms with E-state index in [-0.39, 0.29) is 29.9 Å². The largest absolute Gasteiger partial charge is 0.356 e. The maximum absolute atomic E-state index is 12.1. The lowest BCUT2D eigenvalue weighted by atomic mass is 10.1. The van der Waals surface area contributed by atoms with Crippen LogP contribution in [0.4, 0.5) is 0 Å². The van der Waals surface area contributed by atoms with Crippen LogP contribution in [0.15, 0.2) is 59.6 Å². The minimum Gasteiger partial charge on any atom is -0.356 e. The summed E-state index contributed by atoms with van der Waals surface area (Å²) in [4.78, 5) is 16.2. The normalized spacial score (nSPS) is 10.7. The van der Waals surface area contributed by atoms with Crippen LogP contribution in [0.5, 0.6) is 0 Å². The Bertz CT molecular complexity index is 725. The molecule has 0 bridgehead atoms. The average Bonchev–Trinajstić information content (AvgIpc) is 2.67. The van der Waals surface area contributed by atoms with Crippen LogP contribution in [0.25, 0.3) is 0 Å². The van der Waals surface area contributed by atoms with Crippen LogP contribution >= 0.6 is 35.6 Å². The molecule has 3 N–H and O–H groups in total. The number of halogens is 2. The number of nitrogens with one attached hydrogen (secondary N) is 3. The van der Waals surface area contributed by atoms with E-state index in [9.17, 15) is 4.79 Å². The van der Waals surface area contributed by atoms with Crippen molar-refractivity contribution in [3.8, 4) is 0 Å². The number of hydrogen-bond donors (Lipinski definition) is 3. The molecule has 5 nitrogen and oxygen atoms in total. The number of amides is 1. The third-order valence-electron chi connectivity index (χ3n) is 3.82. The number of aliphatic imine (C=N–C) groups is 1. The van der Waals surface area contributed by atoms with Crippen LogP contribution < -0.4 is 16.0 Å². The standard InChI is InChI=1S/C20H25ClN4O.HI/c1-22-20(24-13-7-10-16-8-3-2-4-9-16)25-15-14-23-19(26)17-11-5-6-12-18(17)21;/h2-6,8-9,11-12H,7,10,13-15H2,1H3,(H,23,26)(H2,22,24,25);1H. The number of rotatable bonds is 8. The molecule has 27 heavy (non-hydrogen) atoms. The second-order valence-corrected chi connectivity index (χ2v) is 6.16. The van der Waals surface area contributed by atoms with Gasteiger partial charge in [0.1, 0.15) is 0 Å². The number of carbonyl (C=O) groups excluding carboxylic acids is 1. The molecule has 0 fully saturated rings. The van der Waals surface area contributed by atoms with Gasteiger partial charge in [0.25, 0.3) is 5.91 Å². The van der Waals surface area contributed by atoms with Gasteiger partial charge in [-0.3, -0.25) is 9.79 Å². The first-order valence-electron chi connectivity index (χ1n) is 8.72. The number of guanidine groups is 1. The molecule has 0 atom stereocenters. The highest BCUT2D eigenvalue weighted by Crippen LogP contribution is 2.14. The maximum atomic E-state index is 12.1. The predicted octanol–water partition coefficient (Wildman–Crippen LogP) is 3.49. The topological polar surface area (TPSA) is 65.5 Å². The van der Waals surface area contributed by atoms with Crippen LogP contribution in [0.3, 0.4) is 0 Å². The molecule has 7 heteroatoms. The summed E-state index contributed by atoms with van der Waals surface area (Å²) in [6.07, 6.45) is 2.05. The lowest BCUT2D eigenvalue weighted by molar-refractivity contribution is 0.0954. The molecule has 0 heterocycles. The van der Waals surface area contributed by atoms with Gasteiger partial charge in [-0.25, -0.2) is 0 Å². The van der Waals surface area contributed by atoms with Crippen LogP contribution in [0.1, 0.15) is 22.3 Å². The molecule has 2 aromatic rings. The van der Waals surface area contributed by atoms with Gasteiger partial charge in [0.15, 0.2) is 5.96 Å². The Balaban J connectivity index is 0.00000364. The molecule has 0 aromatic heterocycles. The van der Waals surface area contributed by atoms with Crippen molar-refractivity contribution in [3.05, 3.63) is 70.7 Å². The minimum absolute atomic E-state index is 0. The molecule has 0 spiro atoms. The van der Waals surface area contributed by atoms with Crippen LogP contribution in [-0.2, 0) is 6.42 Å². The molecule has 146 valence electrons. The molecule has 0 aliphatic heterocycles. The fourth-order valence-electron chi connectivity index (χ4n) is 2.46. The van der Waals surface area contributed by atoms with Gasteiger partial charge >= 0.3 is 0 Å². The molecule has 2 rings (SSSR count). The van der Waals surface area contributed by atoms with Crippen molar-refractivity contribution in [2.75, 3.05) is 26.7 Å². The van der Waals surface area contributed by atoms with E-state index >= 15 is 0 Å². The van der Waals surface area contributed by atoms with Crippen molar-refractivity contribution in [2.24, 2.45) is 4.99 Å². The van der Waals surface area contributed by atoms with Gasteiger partial charge in [-0.15, -0.1) is 24.0 Å². The summed E-state index contributed by atoms with van der Waals surface area (Å²) in [6, 6.07) is 17.4. The predicted molar refractivity (Wildman–Crippen MR) is 123 cm³/mol. The van der Waals surface area contributed by atoms with Gasteiger partial charge in [-0.05, 0) is 30.5 Å². The first-order valence-corrected chi connectivity index (χ1v) is 9.09. The van der Waals surface area contributed by atoms with E-state index in [2.05, 4.69) is 45.2 Å². The third-order valence-corrected chi connectivity index (χ3v) is 4.15. The summed E-state index contributed by atoms with van der Waals surface area (Å²) >= 11 is 6.01. The summed E-state index contributed by atoms with van der Waals surface area (Å²) in [5.41, 5.74) is 1.82. The van der Waals surface area contributed by atoms with E-state index < -0.39 is 0 Å². The van der Waals surface area contributed by atoms with E-state index in [0.29, 0.717) is 23.7 Å². The Morgan fingerprint density at radius 3 is 2.26 bits per heavy atom. The SMILES string of the molecule is CN=C(NCCCc1ccccc1)NCCNC(=O)c1ccccc1Cl.I. The minimum atomic E-state index is -0.178. The molecule has 1 amide bonds.